The molecule has 0 aromatic carbocycles. The maximum Gasteiger partial charge on any atom is 0.341 e. The second-order valence-corrected chi connectivity index (χ2v) is 6.80. The van der Waals surface area contributed by atoms with E-state index in [1.165, 1.54) is 18.3 Å². The van der Waals surface area contributed by atoms with Gasteiger partial charge in [0, 0.05) is 11.8 Å². The third-order valence-corrected chi connectivity index (χ3v) is 4.58. The van der Waals surface area contributed by atoms with Crippen molar-refractivity contribution in [3.63, 3.8) is 0 Å². The molecule has 0 saturated carbocycles. The smallest absolute Gasteiger partial charge is 0.341 e. The van der Waals surface area contributed by atoms with Crippen LogP contribution < -0.4 is 5.32 Å². The van der Waals surface area contributed by atoms with E-state index in [9.17, 15) is 14.4 Å². The van der Waals surface area contributed by atoms with E-state index in [1.807, 2.05) is 0 Å². The monoisotopic (exact) mass is 339 g/mol. The first-order valence-electron chi connectivity index (χ1n) is 7.67. The van der Waals surface area contributed by atoms with Gasteiger partial charge in [-0.05, 0) is 45.1 Å². The maximum absolute atomic E-state index is 12.4. The van der Waals surface area contributed by atoms with E-state index in [-0.39, 0.29) is 12.7 Å². The van der Waals surface area contributed by atoms with Gasteiger partial charge in [0.05, 0.1) is 11.7 Å². The first kappa shape index (κ1) is 17.5. The summed E-state index contributed by atoms with van der Waals surface area (Å²) in [7, 11) is 0. The number of ether oxygens (including phenoxy) is 2. The highest BCUT2D eigenvalue weighted by Crippen LogP contribution is 2.38. The van der Waals surface area contributed by atoms with E-state index in [1.54, 1.807) is 13.8 Å². The minimum absolute atomic E-state index is 0.230. The van der Waals surface area contributed by atoms with Crippen molar-refractivity contribution in [2.24, 2.45) is 0 Å². The summed E-state index contributed by atoms with van der Waals surface area (Å²) in [5.41, 5.74) is 1.43. The number of fused-ring (bicyclic) bond motifs is 1. The van der Waals surface area contributed by atoms with Gasteiger partial charge in [-0.3, -0.25) is 9.59 Å². The number of hydrogen-bond donors (Lipinski definition) is 1. The predicted octanol–water partition coefficient (Wildman–Crippen LogP) is 2.69. The Bertz CT molecular complexity index is 620. The molecule has 1 N–H and O–H groups in total. The Morgan fingerprint density at radius 2 is 1.91 bits per heavy atom. The third kappa shape index (κ3) is 4.54. The lowest BCUT2D eigenvalue weighted by atomic mass is 9.95. The topological polar surface area (TPSA) is 81.7 Å². The third-order valence-electron chi connectivity index (χ3n) is 3.38. The van der Waals surface area contributed by atoms with Gasteiger partial charge >= 0.3 is 11.9 Å². The van der Waals surface area contributed by atoms with Crippen LogP contribution in [0.1, 0.15) is 54.4 Å². The number of thiophene rings is 1. The SMILES string of the molecule is CC(=O)OCC(=O)Nc1sc2c(c1C(=O)OC(C)C)CCCC2. The summed E-state index contributed by atoms with van der Waals surface area (Å²) in [5, 5.41) is 3.16. The summed E-state index contributed by atoms with van der Waals surface area (Å²) >= 11 is 1.41. The Morgan fingerprint density at radius 1 is 1.22 bits per heavy atom. The molecule has 1 amide bonds. The number of carbonyl (C=O) groups excluding carboxylic acids is 3. The highest BCUT2D eigenvalue weighted by Gasteiger charge is 2.27. The number of carbonyl (C=O) groups is 3. The summed E-state index contributed by atoms with van der Waals surface area (Å²) in [6.45, 7) is 4.45. The van der Waals surface area contributed by atoms with E-state index in [4.69, 9.17) is 4.74 Å². The Morgan fingerprint density at radius 3 is 2.57 bits per heavy atom. The van der Waals surface area contributed by atoms with Crippen LogP contribution in [0.2, 0.25) is 0 Å². The number of aryl methyl sites for hydroxylation is 1. The van der Waals surface area contributed by atoms with Gasteiger partial charge in [0.25, 0.3) is 5.91 Å². The van der Waals surface area contributed by atoms with Gasteiger partial charge in [-0.25, -0.2) is 4.79 Å². The highest BCUT2D eigenvalue weighted by molar-refractivity contribution is 7.17. The lowest BCUT2D eigenvalue weighted by Crippen LogP contribution is -2.21. The predicted molar refractivity (Wildman–Crippen MR) is 86.8 cm³/mol. The molecule has 0 fully saturated rings. The molecular formula is C16H21NO5S. The van der Waals surface area contributed by atoms with Crippen LogP contribution in [0.5, 0.6) is 0 Å². The van der Waals surface area contributed by atoms with Gasteiger partial charge in [0.15, 0.2) is 6.61 Å². The highest BCUT2D eigenvalue weighted by atomic mass is 32.1. The number of hydrogen-bond acceptors (Lipinski definition) is 6. The zero-order chi connectivity index (χ0) is 17.0. The van der Waals surface area contributed by atoms with E-state index in [0.717, 1.165) is 36.1 Å². The standard InChI is InChI=1S/C16H21NO5S/c1-9(2)22-16(20)14-11-6-4-5-7-12(11)23-15(14)17-13(19)8-21-10(3)18/h9H,4-8H2,1-3H3,(H,17,19). The molecule has 126 valence electrons. The van der Waals surface area contributed by atoms with Crippen molar-refractivity contribution in [3.05, 3.63) is 16.0 Å². The van der Waals surface area contributed by atoms with Crippen molar-refractivity contribution in [2.45, 2.75) is 52.6 Å². The van der Waals surface area contributed by atoms with Crippen molar-refractivity contribution in [1.82, 2.24) is 0 Å². The number of nitrogens with one attached hydrogen (secondary N) is 1. The van der Waals surface area contributed by atoms with Gasteiger partial charge in [0.1, 0.15) is 5.00 Å². The molecule has 1 heterocycles. The van der Waals surface area contributed by atoms with Crippen LogP contribution in [0, 0.1) is 0 Å². The van der Waals surface area contributed by atoms with Crippen molar-refractivity contribution in [2.75, 3.05) is 11.9 Å². The molecule has 6 nitrogen and oxygen atoms in total. The molecule has 0 unspecified atom stereocenters. The summed E-state index contributed by atoms with van der Waals surface area (Å²) in [5.74, 6) is -1.40. The molecule has 0 aliphatic heterocycles. The maximum atomic E-state index is 12.4. The van der Waals surface area contributed by atoms with Gasteiger partial charge in [-0.15, -0.1) is 11.3 Å². The normalized spacial score (nSPS) is 13.4. The largest absolute Gasteiger partial charge is 0.459 e. The summed E-state index contributed by atoms with van der Waals surface area (Å²) in [6.07, 6.45) is 3.58. The molecule has 1 aliphatic carbocycles. The zero-order valence-corrected chi connectivity index (χ0v) is 14.4. The Kier molecular flexibility index (Phi) is 5.76. The van der Waals surface area contributed by atoms with Crippen LogP contribution in [-0.2, 0) is 31.9 Å². The van der Waals surface area contributed by atoms with Gasteiger partial charge in [0.2, 0.25) is 0 Å². The molecule has 1 aromatic rings. The summed E-state index contributed by atoms with van der Waals surface area (Å²) in [4.78, 5) is 36.2. The number of rotatable bonds is 5. The fraction of sp³-hybridized carbons (Fsp3) is 0.562. The molecule has 0 radical (unpaired) electrons. The minimum atomic E-state index is -0.523. The zero-order valence-electron chi connectivity index (χ0n) is 13.6. The molecule has 1 aromatic heterocycles. The van der Waals surface area contributed by atoms with Crippen molar-refractivity contribution in [3.8, 4) is 0 Å². The molecule has 0 saturated heterocycles. The summed E-state index contributed by atoms with van der Waals surface area (Å²) in [6, 6.07) is 0. The fourth-order valence-corrected chi connectivity index (χ4v) is 3.77. The average molecular weight is 339 g/mol. The first-order valence-corrected chi connectivity index (χ1v) is 8.49. The van der Waals surface area contributed by atoms with Crippen LogP contribution in [0.3, 0.4) is 0 Å². The number of amides is 1. The Labute approximate surface area is 139 Å². The van der Waals surface area contributed by atoms with Crippen LogP contribution >= 0.6 is 11.3 Å². The van der Waals surface area contributed by atoms with Gasteiger partial charge in [-0.1, -0.05) is 0 Å². The van der Waals surface area contributed by atoms with Crippen LogP contribution in [0.4, 0.5) is 5.00 Å². The van der Waals surface area contributed by atoms with Crippen molar-refractivity contribution in [1.29, 1.82) is 0 Å². The van der Waals surface area contributed by atoms with E-state index in [2.05, 4.69) is 10.1 Å². The summed E-state index contributed by atoms with van der Waals surface area (Å²) < 4.78 is 9.99. The van der Waals surface area contributed by atoms with E-state index in [0.29, 0.717) is 10.6 Å². The minimum Gasteiger partial charge on any atom is -0.459 e. The number of esters is 2. The van der Waals surface area contributed by atoms with Gasteiger partial charge < -0.3 is 14.8 Å². The van der Waals surface area contributed by atoms with Crippen molar-refractivity contribution >= 4 is 34.2 Å². The molecule has 23 heavy (non-hydrogen) atoms. The lowest BCUT2D eigenvalue weighted by Gasteiger charge is -2.14. The van der Waals surface area contributed by atoms with E-state index < -0.39 is 17.8 Å². The molecule has 0 atom stereocenters. The lowest BCUT2D eigenvalue weighted by molar-refractivity contribution is -0.144. The molecular weight excluding hydrogens is 318 g/mol. The fourth-order valence-electron chi connectivity index (χ4n) is 2.47. The van der Waals surface area contributed by atoms with E-state index >= 15 is 0 Å². The average Bonchev–Trinajstić information content (AvgIpc) is 2.82. The quantitative estimate of drug-likeness (QED) is 0.834. The molecule has 0 bridgehead atoms. The molecule has 2 rings (SSSR count). The Hall–Kier alpha value is -1.89. The van der Waals surface area contributed by atoms with Crippen LogP contribution in [0.15, 0.2) is 0 Å². The molecule has 0 spiro atoms. The first-order chi connectivity index (χ1) is 10.9. The Balaban J connectivity index is 2.23. The second kappa shape index (κ2) is 7.59. The molecule has 1 aliphatic rings. The van der Waals surface area contributed by atoms with Crippen molar-refractivity contribution < 1.29 is 23.9 Å². The van der Waals surface area contributed by atoms with Crippen LogP contribution in [-0.4, -0.2) is 30.6 Å². The van der Waals surface area contributed by atoms with Crippen LogP contribution in [0.25, 0.3) is 0 Å². The second-order valence-electron chi connectivity index (χ2n) is 5.70. The van der Waals surface area contributed by atoms with Gasteiger partial charge in [-0.2, -0.15) is 0 Å². The number of anilines is 1. The molecule has 7 heteroatoms.